The summed E-state index contributed by atoms with van der Waals surface area (Å²) in [4.78, 5) is 16.8. The first kappa shape index (κ1) is 15.6. The van der Waals surface area contributed by atoms with E-state index in [1.165, 1.54) is 30.7 Å². The number of aromatic nitrogens is 1. The van der Waals surface area contributed by atoms with Crippen molar-refractivity contribution in [3.8, 4) is 0 Å². The first-order valence-electron chi connectivity index (χ1n) is 5.85. The number of amides is 1. The summed E-state index contributed by atoms with van der Waals surface area (Å²) in [5.74, 6) is -0.465. The number of furan rings is 1. The summed E-state index contributed by atoms with van der Waals surface area (Å²) in [7, 11) is 0. The molecule has 2 rings (SSSR count). The van der Waals surface area contributed by atoms with Crippen molar-refractivity contribution >= 4 is 21.8 Å². The number of hydrogen-bond acceptors (Lipinski definition) is 3. The van der Waals surface area contributed by atoms with Gasteiger partial charge in [0.1, 0.15) is 16.9 Å². The molecule has 112 valence electrons. The van der Waals surface area contributed by atoms with E-state index in [1.807, 2.05) is 0 Å². The summed E-state index contributed by atoms with van der Waals surface area (Å²) >= 11 is 3.08. The molecule has 21 heavy (non-hydrogen) atoms. The molecule has 2 aromatic heterocycles. The largest absolute Gasteiger partial charge is 0.467 e. The van der Waals surface area contributed by atoms with E-state index in [-0.39, 0.29) is 17.9 Å². The Kier molecular flexibility index (Phi) is 4.66. The van der Waals surface area contributed by atoms with Crippen LogP contribution in [0.1, 0.15) is 16.1 Å². The van der Waals surface area contributed by atoms with Gasteiger partial charge in [0.05, 0.1) is 12.8 Å². The van der Waals surface area contributed by atoms with E-state index in [1.54, 1.807) is 6.07 Å². The normalized spacial score (nSPS) is 11.4. The quantitative estimate of drug-likeness (QED) is 0.780. The van der Waals surface area contributed by atoms with Crippen molar-refractivity contribution in [3.63, 3.8) is 0 Å². The molecule has 0 bridgehead atoms. The third-order valence-electron chi connectivity index (χ3n) is 2.56. The number of pyridine rings is 1. The van der Waals surface area contributed by atoms with Gasteiger partial charge in [0.15, 0.2) is 0 Å². The molecule has 0 atom stereocenters. The van der Waals surface area contributed by atoms with Crippen molar-refractivity contribution in [1.29, 1.82) is 0 Å². The lowest BCUT2D eigenvalue weighted by atomic mass is 10.2. The van der Waals surface area contributed by atoms with E-state index in [9.17, 15) is 18.0 Å². The van der Waals surface area contributed by atoms with Crippen LogP contribution in [-0.4, -0.2) is 28.5 Å². The molecule has 8 heteroatoms. The SMILES string of the molecule is O=C(c1ccnc(Br)c1)N(Cc1ccco1)CC(F)(F)F. The zero-order chi connectivity index (χ0) is 15.5. The molecule has 0 aliphatic rings. The van der Waals surface area contributed by atoms with Gasteiger partial charge in [-0.15, -0.1) is 0 Å². The fourth-order valence-electron chi connectivity index (χ4n) is 1.72. The number of halogens is 4. The highest BCUT2D eigenvalue weighted by atomic mass is 79.9. The summed E-state index contributed by atoms with van der Waals surface area (Å²) < 4.78 is 43.3. The highest BCUT2D eigenvalue weighted by Gasteiger charge is 2.33. The predicted octanol–water partition coefficient (Wildman–Crippen LogP) is 3.64. The van der Waals surface area contributed by atoms with Crippen LogP contribution in [0.5, 0.6) is 0 Å². The fraction of sp³-hybridized carbons (Fsp3) is 0.231. The maximum atomic E-state index is 12.6. The number of hydrogen-bond donors (Lipinski definition) is 0. The molecule has 0 spiro atoms. The molecule has 0 aromatic carbocycles. The van der Waals surface area contributed by atoms with Gasteiger partial charge >= 0.3 is 6.18 Å². The van der Waals surface area contributed by atoms with Gasteiger partial charge in [-0.25, -0.2) is 4.98 Å². The van der Waals surface area contributed by atoms with Gasteiger partial charge < -0.3 is 9.32 Å². The Hall–Kier alpha value is -1.83. The number of alkyl halides is 3. The monoisotopic (exact) mass is 362 g/mol. The van der Waals surface area contributed by atoms with Gasteiger partial charge in [0.25, 0.3) is 5.91 Å². The van der Waals surface area contributed by atoms with Gasteiger partial charge in [0, 0.05) is 11.8 Å². The molecule has 0 unspecified atom stereocenters. The molecule has 2 aromatic rings. The van der Waals surface area contributed by atoms with Gasteiger partial charge in [-0.1, -0.05) is 0 Å². The Labute approximate surface area is 126 Å². The van der Waals surface area contributed by atoms with Crippen LogP contribution in [0, 0.1) is 0 Å². The van der Waals surface area contributed by atoms with E-state index < -0.39 is 18.6 Å². The summed E-state index contributed by atoms with van der Waals surface area (Å²) in [6, 6.07) is 5.79. The van der Waals surface area contributed by atoms with Crippen LogP contribution in [0.25, 0.3) is 0 Å². The van der Waals surface area contributed by atoms with Gasteiger partial charge in [-0.2, -0.15) is 13.2 Å². The average molecular weight is 363 g/mol. The molecular weight excluding hydrogens is 353 g/mol. The van der Waals surface area contributed by atoms with Crippen LogP contribution in [0.15, 0.2) is 45.7 Å². The smallest absolute Gasteiger partial charge is 0.406 e. The number of rotatable bonds is 4. The lowest BCUT2D eigenvalue weighted by molar-refractivity contribution is -0.142. The number of carbonyl (C=O) groups excluding carboxylic acids is 1. The zero-order valence-electron chi connectivity index (χ0n) is 10.6. The second-order valence-corrected chi connectivity index (χ2v) is 5.04. The molecule has 0 aliphatic heterocycles. The van der Waals surface area contributed by atoms with Crippen molar-refractivity contribution in [1.82, 2.24) is 9.88 Å². The molecule has 0 saturated carbocycles. The Morgan fingerprint density at radius 1 is 1.38 bits per heavy atom. The van der Waals surface area contributed by atoms with E-state index in [0.29, 0.717) is 9.50 Å². The van der Waals surface area contributed by atoms with Crippen LogP contribution in [0.4, 0.5) is 13.2 Å². The summed E-state index contributed by atoms with van der Waals surface area (Å²) in [6.45, 7) is -1.61. The van der Waals surface area contributed by atoms with E-state index in [2.05, 4.69) is 20.9 Å². The Morgan fingerprint density at radius 2 is 2.14 bits per heavy atom. The Balaban J connectivity index is 2.23. The molecule has 0 fully saturated rings. The van der Waals surface area contributed by atoms with Crippen molar-refractivity contribution in [2.75, 3.05) is 6.54 Å². The fourth-order valence-corrected chi connectivity index (χ4v) is 2.09. The predicted molar refractivity (Wildman–Crippen MR) is 71.4 cm³/mol. The van der Waals surface area contributed by atoms with Crippen LogP contribution >= 0.6 is 15.9 Å². The van der Waals surface area contributed by atoms with Crippen LogP contribution < -0.4 is 0 Å². The molecule has 4 nitrogen and oxygen atoms in total. The van der Waals surface area contributed by atoms with Crippen molar-refractivity contribution < 1.29 is 22.4 Å². The van der Waals surface area contributed by atoms with Crippen LogP contribution in [0.3, 0.4) is 0 Å². The number of carbonyl (C=O) groups is 1. The molecule has 1 amide bonds. The minimum absolute atomic E-state index is 0.118. The maximum Gasteiger partial charge on any atom is 0.406 e. The number of nitrogens with zero attached hydrogens (tertiary/aromatic N) is 2. The van der Waals surface area contributed by atoms with Crippen LogP contribution in [0.2, 0.25) is 0 Å². The van der Waals surface area contributed by atoms with Gasteiger partial charge in [-0.3, -0.25) is 4.79 Å². The van der Waals surface area contributed by atoms with Gasteiger partial charge in [-0.05, 0) is 40.2 Å². The Morgan fingerprint density at radius 3 is 2.71 bits per heavy atom. The van der Waals surface area contributed by atoms with Crippen molar-refractivity contribution in [2.45, 2.75) is 12.7 Å². The standard InChI is InChI=1S/C13H10BrF3N2O2/c14-11-6-9(3-4-18-11)12(20)19(8-13(15,16)17)7-10-2-1-5-21-10/h1-6H,7-8H2. The highest BCUT2D eigenvalue weighted by Crippen LogP contribution is 2.21. The highest BCUT2D eigenvalue weighted by molar-refractivity contribution is 9.10. The minimum Gasteiger partial charge on any atom is -0.467 e. The summed E-state index contributed by atoms with van der Waals surface area (Å²) in [6.07, 6.45) is -1.81. The summed E-state index contributed by atoms with van der Waals surface area (Å²) in [5, 5.41) is 0. The third kappa shape index (κ3) is 4.59. The van der Waals surface area contributed by atoms with E-state index >= 15 is 0 Å². The minimum atomic E-state index is -4.49. The van der Waals surface area contributed by atoms with E-state index in [0.717, 1.165) is 0 Å². The van der Waals surface area contributed by atoms with Crippen molar-refractivity contribution in [2.24, 2.45) is 0 Å². The first-order valence-corrected chi connectivity index (χ1v) is 6.64. The molecule has 2 heterocycles. The average Bonchev–Trinajstić information content (AvgIpc) is 2.88. The molecule has 0 saturated heterocycles. The maximum absolute atomic E-state index is 12.6. The first-order chi connectivity index (χ1) is 9.85. The zero-order valence-corrected chi connectivity index (χ0v) is 12.2. The molecule has 0 N–H and O–H groups in total. The molecule has 0 radical (unpaired) electrons. The molecular formula is C13H10BrF3N2O2. The second kappa shape index (κ2) is 6.30. The lowest BCUT2D eigenvalue weighted by Crippen LogP contribution is -2.38. The van der Waals surface area contributed by atoms with Crippen molar-refractivity contribution in [3.05, 3.63) is 52.7 Å². The van der Waals surface area contributed by atoms with Crippen LogP contribution in [-0.2, 0) is 6.54 Å². The van der Waals surface area contributed by atoms with E-state index in [4.69, 9.17) is 4.42 Å². The van der Waals surface area contributed by atoms with Gasteiger partial charge in [0.2, 0.25) is 0 Å². The molecule has 0 aliphatic carbocycles. The second-order valence-electron chi connectivity index (χ2n) is 4.22. The topological polar surface area (TPSA) is 46.3 Å². The third-order valence-corrected chi connectivity index (χ3v) is 2.99. The summed E-state index contributed by atoms with van der Waals surface area (Å²) in [5.41, 5.74) is 0.118. The lowest BCUT2D eigenvalue weighted by Gasteiger charge is -2.23. The Bertz CT molecular complexity index is 614.